The highest BCUT2D eigenvalue weighted by molar-refractivity contribution is 6.12. The van der Waals surface area contributed by atoms with Gasteiger partial charge in [0.1, 0.15) is 0 Å². The summed E-state index contributed by atoms with van der Waals surface area (Å²) in [7, 11) is 0. The number of aliphatic imine (C=N–C) groups is 1. The molecule has 1 unspecified atom stereocenters. The minimum Gasteiger partial charge on any atom is -0.257 e. The van der Waals surface area contributed by atoms with Crippen LogP contribution in [0.15, 0.2) is 193 Å². The smallest absolute Gasteiger partial charge is 0.0525 e. The number of benzene rings is 7. The van der Waals surface area contributed by atoms with Crippen molar-refractivity contribution in [2.45, 2.75) is 25.2 Å². The Morgan fingerprint density at radius 2 is 0.942 bits per heavy atom. The Morgan fingerprint density at radius 1 is 0.442 bits per heavy atom. The van der Waals surface area contributed by atoms with Gasteiger partial charge in [-0.3, -0.25) is 4.99 Å². The molecule has 1 heterocycles. The largest absolute Gasteiger partial charge is 0.257 e. The van der Waals surface area contributed by atoms with Crippen molar-refractivity contribution in [3.05, 3.63) is 210 Å². The molecule has 0 N–H and O–H groups in total. The molecule has 1 heteroatoms. The maximum atomic E-state index is 5.59. The zero-order chi connectivity index (χ0) is 34.6. The second-order valence-corrected chi connectivity index (χ2v) is 14.7. The highest BCUT2D eigenvalue weighted by Crippen LogP contribution is 2.71. The fourth-order valence-corrected chi connectivity index (χ4v) is 9.34. The van der Waals surface area contributed by atoms with E-state index in [4.69, 9.17) is 4.99 Å². The second-order valence-electron chi connectivity index (χ2n) is 14.7. The molecule has 1 saturated carbocycles. The third-order valence-electron chi connectivity index (χ3n) is 11.9. The quantitative estimate of drug-likeness (QED) is 0.168. The number of hydrogen-bond donors (Lipinski definition) is 0. The number of allylic oxidation sites excluding steroid dienone is 2. The summed E-state index contributed by atoms with van der Waals surface area (Å²) in [4.78, 5) is 5.59. The molecule has 0 spiro atoms. The van der Waals surface area contributed by atoms with Crippen LogP contribution in [0.4, 0.5) is 0 Å². The Bertz CT molecular complexity index is 2450. The van der Waals surface area contributed by atoms with Gasteiger partial charge in [0.05, 0.1) is 5.71 Å². The van der Waals surface area contributed by atoms with Crippen LogP contribution >= 0.6 is 0 Å². The van der Waals surface area contributed by atoms with Crippen LogP contribution in [-0.4, -0.2) is 5.71 Å². The van der Waals surface area contributed by atoms with Gasteiger partial charge in [-0.25, -0.2) is 0 Å². The average molecular weight is 666 g/mol. The lowest BCUT2D eigenvalue weighted by atomic mass is 9.72. The van der Waals surface area contributed by atoms with Crippen LogP contribution in [-0.2, 0) is 11.8 Å². The third kappa shape index (κ3) is 4.95. The topological polar surface area (TPSA) is 12.4 Å². The van der Waals surface area contributed by atoms with E-state index in [9.17, 15) is 0 Å². The van der Waals surface area contributed by atoms with E-state index in [1.807, 2.05) is 0 Å². The lowest BCUT2D eigenvalue weighted by molar-refractivity contribution is 0.757. The molecule has 1 fully saturated rings. The van der Waals surface area contributed by atoms with Crippen LogP contribution in [0.2, 0.25) is 0 Å². The van der Waals surface area contributed by atoms with Gasteiger partial charge in [-0.2, -0.15) is 0 Å². The molecular weight excluding hydrogens is 627 g/mol. The number of fused-ring (bicyclic) bond motifs is 4. The first-order chi connectivity index (χ1) is 25.7. The number of nitrogens with zero attached hydrogens (tertiary/aromatic N) is 1. The molecule has 0 saturated heterocycles. The summed E-state index contributed by atoms with van der Waals surface area (Å²) in [5.41, 5.74) is 19.2. The van der Waals surface area contributed by atoms with Crippen molar-refractivity contribution in [2.75, 3.05) is 0 Å². The van der Waals surface area contributed by atoms with E-state index < -0.39 is 0 Å². The van der Waals surface area contributed by atoms with E-state index in [1.165, 1.54) is 83.7 Å². The highest BCUT2D eigenvalue weighted by atomic mass is 14.9. The summed E-state index contributed by atoms with van der Waals surface area (Å²) >= 11 is 0. The normalized spacial score (nSPS) is 20.0. The first-order valence-corrected chi connectivity index (χ1v) is 18.6. The molecule has 7 aromatic rings. The maximum absolute atomic E-state index is 5.59. The van der Waals surface area contributed by atoms with Crippen LogP contribution in [0.25, 0.3) is 50.1 Å². The Balaban J connectivity index is 1.12. The molecule has 1 nitrogen and oxygen atoms in total. The van der Waals surface area contributed by atoms with Gasteiger partial charge < -0.3 is 0 Å². The molecule has 52 heavy (non-hydrogen) atoms. The number of rotatable bonds is 6. The summed E-state index contributed by atoms with van der Waals surface area (Å²) in [5, 5.41) is 0. The van der Waals surface area contributed by atoms with E-state index in [0.29, 0.717) is 11.8 Å². The molecular formula is C51H39N. The Kier molecular flexibility index (Phi) is 7.28. The predicted molar refractivity (Wildman–Crippen MR) is 217 cm³/mol. The fourth-order valence-electron chi connectivity index (χ4n) is 9.34. The SMILES string of the molecule is C[C@@H]1[C@@H]2C(c3ccc(-c4ccccc4)cc3)=NC3=C(c4ccccc4CC3)C12c1cccc(-c2cc(-c3ccccc3)cc(-c3ccccc3)c2)c1. The molecule has 7 aromatic carbocycles. The van der Waals surface area contributed by atoms with Crippen LogP contribution in [0.1, 0.15) is 35.6 Å². The lowest BCUT2D eigenvalue weighted by Crippen LogP contribution is -2.26. The molecule has 0 amide bonds. The lowest BCUT2D eigenvalue weighted by Gasteiger charge is -2.33. The number of aryl methyl sites for hydroxylation is 1. The first kappa shape index (κ1) is 30.7. The molecule has 2 aliphatic carbocycles. The monoisotopic (exact) mass is 665 g/mol. The standard InChI is InChI=1S/C51H39N/c1-34-48-50(40-26-24-38(25-27-40)35-14-5-2-6-15-35)52-47-29-28-39-20-11-12-23-46(39)49(47)51(34,48)45-22-13-21-41(33-45)44-31-42(36-16-7-3-8-17-36)30-43(32-44)37-18-9-4-10-19-37/h2-27,30-34,48H,28-29H2,1H3/t34-,48-,51?/m1/s1. The van der Waals surface area contributed by atoms with Crippen LogP contribution in [0.3, 0.4) is 0 Å². The number of hydrogen-bond acceptors (Lipinski definition) is 1. The Hall–Kier alpha value is -6.05. The highest BCUT2D eigenvalue weighted by Gasteiger charge is 2.69. The van der Waals surface area contributed by atoms with E-state index in [2.05, 4.69) is 189 Å². The van der Waals surface area contributed by atoms with Crippen molar-refractivity contribution >= 4 is 11.3 Å². The molecule has 0 aromatic heterocycles. The molecule has 3 aliphatic rings. The van der Waals surface area contributed by atoms with Crippen molar-refractivity contribution in [3.63, 3.8) is 0 Å². The van der Waals surface area contributed by atoms with Crippen molar-refractivity contribution < 1.29 is 0 Å². The minimum absolute atomic E-state index is 0.143. The summed E-state index contributed by atoms with van der Waals surface area (Å²) in [6.07, 6.45) is 2.00. The van der Waals surface area contributed by atoms with Gasteiger partial charge in [-0.15, -0.1) is 0 Å². The zero-order valence-electron chi connectivity index (χ0n) is 29.3. The minimum atomic E-state index is -0.143. The van der Waals surface area contributed by atoms with E-state index >= 15 is 0 Å². The average Bonchev–Trinajstić information content (AvgIpc) is 3.86. The van der Waals surface area contributed by atoms with Crippen LogP contribution < -0.4 is 0 Å². The van der Waals surface area contributed by atoms with E-state index in [1.54, 1.807) is 0 Å². The summed E-state index contributed by atoms with van der Waals surface area (Å²) in [6.45, 7) is 2.46. The van der Waals surface area contributed by atoms with E-state index in [0.717, 1.165) is 12.8 Å². The maximum Gasteiger partial charge on any atom is 0.0525 e. The van der Waals surface area contributed by atoms with Gasteiger partial charge in [-0.05, 0) is 109 Å². The van der Waals surface area contributed by atoms with Gasteiger partial charge >= 0.3 is 0 Å². The molecule has 3 atom stereocenters. The molecule has 248 valence electrons. The summed E-state index contributed by atoms with van der Waals surface area (Å²) < 4.78 is 0. The first-order valence-electron chi connectivity index (χ1n) is 18.6. The molecule has 0 bridgehead atoms. The van der Waals surface area contributed by atoms with Gasteiger partial charge in [0.2, 0.25) is 0 Å². The van der Waals surface area contributed by atoms with Crippen LogP contribution in [0.5, 0.6) is 0 Å². The van der Waals surface area contributed by atoms with Crippen molar-refractivity contribution in [1.82, 2.24) is 0 Å². The van der Waals surface area contributed by atoms with Crippen molar-refractivity contribution in [3.8, 4) is 44.5 Å². The zero-order valence-corrected chi connectivity index (χ0v) is 29.3. The molecule has 0 radical (unpaired) electrons. The fraction of sp³-hybridized carbons (Fsp3) is 0.118. The molecule has 10 rings (SSSR count). The Morgan fingerprint density at radius 3 is 1.58 bits per heavy atom. The predicted octanol–water partition coefficient (Wildman–Crippen LogP) is 12.7. The van der Waals surface area contributed by atoms with E-state index in [-0.39, 0.29) is 5.41 Å². The van der Waals surface area contributed by atoms with Gasteiger partial charge in [0, 0.05) is 17.0 Å². The van der Waals surface area contributed by atoms with Gasteiger partial charge in [0.15, 0.2) is 0 Å². The molecule has 1 aliphatic heterocycles. The van der Waals surface area contributed by atoms with Crippen molar-refractivity contribution in [2.24, 2.45) is 16.8 Å². The Labute approximate surface area is 306 Å². The second kappa shape index (κ2) is 12.3. The van der Waals surface area contributed by atoms with Crippen LogP contribution in [0, 0.1) is 11.8 Å². The van der Waals surface area contributed by atoms with Gasteiger partial charge in [0.25, 0.3) is 0 Å². The summed E-state index contributed by atoms with van der Waals surface area (Å²) in [6, 6.07) is 67.0. The van der Waals surface area contributed by atoms with Crippen molar-refractivity contribution in [1.29, 1.82) is 0 Å². The third-order valence-corrected chi connectivity index (χ3v) is 11.9. The van der Waals surface area contributed by atoms with Gasteiger partial charge in [-0.1, -0.05) is 171 Å². The summed E-state index contributed by atoms with van der Waals surface area (Å²) in [5.74, 6) is 0.704.